The number of nitrogens with zero attached hydrogens (tertiary/aromatic N) is 1. The third kappa shape index (κ3) is 1.94. The Morgan fingerprint density at radius 2 is 1.81 bits per heavy atom. The second-order valence-corrected chi connectivity index (χ2v) is 7.26. The maximum absolute atomic E-state index is 11.2. The van der Waals surface area contributed by atoms with Crippen LogP contribution in [0.25, 0.3) is 0 Å². The summed E-state index contributed by atoms with van der Waals surface area (Å²) < 4.78 is 10.3. The molecule has 14 nitrogen and oxygen atoms in total. The summed E-state index contributed by atoms with van der Waals surface area (Å²) in [5.74, 6) is -6.24. The summed E-state index contributed by atoms with van der Waals surface area (Å²) in [5.41, 5.74) is 6.36. The molecule has 5 aliphatic rings. The molecule has 27 heavy (non-hydrogen) atoms. The van der Waals surface area contributed by atoms with Crippen LogP contribution >= 0.6 is 0 Å². The van der Waals surface area contributed by atoms with Gasteiger partial charge in [0.15, 0.2) is 18.3 Å². The SMILES string of the molecule is NC1=N[C@H](O)[C@H]2[C@H]3OC4(O)OC([C@@H](O)[C@@]2(N1)[C@@H]4O)[C@]3(O)[C@H](O)[C@H](N)C(=O)O. The fraction of sp³-hybridized carbons (Fsp3) is 0.846. The van der Waals surface area contributed by atoms with Crippen LogP contribution in [0.2, 0.25) is 0 Å². The first-order valence-electron chi connectivity index (χ1n) is 8.03. The molecule has 3 saturated heterocycles. The Hall–Kier alpha value is -1.62. The number of aliphatic carboxylic acids is 1. The number of aliphatic hydroxyl groups is 6. The number of rotatable bonds is 3. The second-order valence-electron chi connectivity index (χ2n) is 7.26. The number of nitrogens with two attached hydrogens (primary N) is 2. The minimum absolute atomic E-state index is 0.367. The lowest BCUT2D eigenvalue weighted by atomic mass is 9.53. The first kappa shape index (κ1) is 18.7. The molecule has 1 saturated carbocycles. The van der Waals surface area contributed by atoms with Crippen molar-refractivity contribution < 1.29 is 50.0 Å². The number of aliphatic imine (C=N–C) groups is 1. The van der Waals surface area contributed by atoms with Crippen molar-refractivity contribution in [2.24, 2.45) is 22.4 Å². The van der Waals surface area contributed by atoms with Crippen LogP contribution in [0.4, 0.5) is 0 Å². The first-order chi connectivity index (χ1) is 12.4. The lowest BCUT2D eigenvalue weighted by Crippen LogP contribution is -2.96. The van der Waals surface area contributed by atoms with Gasteiger partial charge in [0.1, 0.15) is 41.6 Å². The standard InChI is InChI=1S/C13H20N4O10/c14-2(8(21)22)3(18)12(24)5-1-7(20)16-10(15)17-11(1)4(19)6(12)27-13(25,26-5)9(11)23/h1-7,9,18-20,23-25H,14H2,(H,21,22)(H3,15,16,17)/t1-,2+,3-,4-,5-,6?,7-,9+,11-,12+,13?/m1/s1. The zero-order valence-corrected chi connectivity index (χ0v) is 13.6. The van der Waals surface area contributed by atoms with E-state index < -0.39 is 71.8 Å². The van der Waals surface area contributed by atoms with Crippen LogP contribution in [0.3, 0.4) is 0 Å². The molecule has 4 bridgehead atoms. The fourth-order valence-corrected chi connectivity index (χ4v) is 4.76. The van der Waals surface area contributed by atoms with Crippen molar-refractivity contribution in [2.75, 3.05) is 0 Å². The normalized spacial score (nSPS) is 55.3. The molecule has 0 aromatic carbocycles. The van der Waals surface area contributed by atoms with E-state index in [4.69, 9.17) is 26.0 Å². The van der Waals surface area contributed by atoms with E-state index >= 15 is 0 Å². The number of carboxylic acids is 1. The lowest BCUT2D eigenvalue weighted by molar-refractivity contribution is -0.552. The Morgan fingerprint density at radius 3 is 2.41 bits per heavy atom. The fourth-order valence-electron chi connectivity index (χ4n) is 4.76. The number of guanidine groups is 1. The van der Waals surface area contributed by atoms with Gasteiger partial charge < -0.3 is 62.0 Å². The Balaban J connectivity index is 1.89. The minimum atomic E-state index is -2.74. The summed E-state index contributed by atoms with van der Waals surface area (Å²) in [6, 6.07) is -2.02. The van der Waals surface area contributed by atoms with Gasteiger partial charge in [-0.1, -0.05) is 0 Å². The van der Waals surface area contributed by atoms with Gasteiger partial charge in [0, 0.05) is 0 Å². The number of hydrogen-bond acceptors (Lipinski definition) is 13. The molecule has 11 atom stereocenters. The Kier molecular flexibility index (Phi) is 3.64. The van der Waals surface area contributed by atoms with Crippen molar-refractivity contribution in [1.29, 1.82) is 0 Å². The average molecular weight is 392 g/mol. The monoisotopic (exact) mass is 392 g/mol. The smallest absolute Gasteiger partial charge is 0.323 e. The van der Waals surface area contributed by atoms with Gasteiger partial charge in [-0.25, -0.2) is 4.99 Å². The first-order valence-corrected chi connectivity index (χ1v) is 8.03. The second kappa shape index (κ2) is 5.25. The van der Waals surface area contributed by atoms with Crippen molar-refractivity contribution in [3.05, 3.63) is 0 Å². The highest BCUT2D eigenvalue weighted by atomic mass is 16.9. The Bertz CT molecular complexity index is 723. The highest BCUT2D eigenvalue weighted by Crippen LogP contribution is 2.59. The number of carbonyl (C=O) groups is 1. The number of aliphatic hydroxyl groups excluding tert-OH is 4. The van der Waals surface area contributed by atoms with E-state index in [9.17, 15) is 35.4 Å². The maximum atomic E-state index is 11.2. The predicted octanol–water partition coefficient (Wildman–Crippen LogP) is -6.74. The summed E-state index contributed by atoms with van der Waals surface area (Å²) in [6.07, 6.45) is -11.5. The molecule has 0 radical (unpaired) electrons. The van der Waals surface area contributed by atoms with Gasteiger partial charge in [0.2, 0.25) is 0 Å². The third-order valence-corrected chi connectivity index (χ3v) is 5.99. The van der Waals surface area contributed by atoms with E-state index in [-0.39, 0.29) is 5.96 Å². The van der Waals surface area contributed by atoms with Gasteiger partial charge in [-0.15, -0.1) is 0 Å². The number of carboxylic acid groups (broad SMARTS) is 1. The summed E-state index contributed by atoms with van der Waals surface area (Å²) in [6.45, 7) is 0. The summed E-state index contributed by atoms with van der Waals surface area (Å²) in [7, 11) is 0. The Labute approximate surface area is 150 Å². The van der Waals surface area contributed by atoms with Crippen molar-refractivity contribution in [3.8, 4) is 0 Å². The van der Waals surface area contributed by atoms with Gasteiger partial charge in [0.25, 0.3) is 0 Å². The van der Waals surface area contributed by atoms with Crippen molar-refractivity contribution in [1.82, 2.24) is 5.32 Å². The van der Waals surface area contributed by atoms with E-state index in [1.807, 2.05) is 0 Å². The van der Waals surface area contributed by atoms with Crippen molar-refractivity contribution in [3.63, 3.8) is 0 Å². The van der Waals surface area contributed by atoms with Crippen molar-refractivity contribution in [2.45, 2.75) is 59.9 Å². The van der Waals surface area contributed by atoms with Crippen LogP contribution in [-0.2, 0) is 14.3 Å². The highest BCUT2D eigenvalue weighted by molar-refractivity contribution is 5.80. The number of ether oxygens (including phenoxy) is 2. The minimum Gasteiger partial charge on any atom is -0.480 e. The van der Waals surface area contributed by atoms with Crippen LogP contribution in [-0.4, -0.2) is 108 Å². The Morgan fingerprint density at radius 1 is 1.22 bits per heavy atom. The van der Waals surface area contributed by atoms with Gasteiger partial charge >= 0.3 is 11.9 Å². The zero-order valence-electron chi connectivity index (χ0n) is 13.6. The van der Waals surface area contributed by atoms with E-state index in [1.165, 1.54) is 0 Å². The molecule has 4 fully saturated rings. The third-order valence-electron chi connectivity index (χ3n) is 5.99. The molecule has 0 aromatic heterocycles. The van der Waals surface area contributed by atoms with Gasteiger partial charge in [0.05, 0.1) is 5.92 Å². The average Bonchev–Trinajstić information content (AvgIpc) is 2.58. The molecular weight excluding hydrogens is 372 g/mol. The van der Waals surface area contributed by atoms with Crippen molar-refractivity contribution >= 4 is 11.9 Å². The van der Waals surface area contributed by atoms with Crippen LogP contribution in [0.1, 0.15) is 0 Å². The van der Waals surface area contributed by atoms with Gasteiger partial charge in [-0.05, 0) is 0 Å². The lowest BCUT2D eigenvalue weighted by Gasteiger charge is -2.72. The zero-order chi connectivity index (χ0) is 20.1. The molecule has 0 aromatic rings. The molecule has 5 rings (SSSR count). The number of hydrogen-bond donors (Lipinski definition) is 10. The number of nitrogens with one attached hydrogen (secondary N) is 1. The maximum Gasteiger partial charge on any atom is 0.323 e. The molecule has 152 valence electrons. The molecule has 12 N–H and O–H groups in total. The molecule has 1 spiro atoms. The molecule has 1 aliphatic carbocycles. The summed E-state index contributed by atoms with van der Waals surface area (Å²) in [5, 5.41) is 75.5. The topological polar surface area (TPSA) is 254 Å². The summed E-state index contributed by atoms with van der Waals surface area (Å²) >= 11 is 0. The van der Waals surface area contributed by atoms with Gasteiger partial charge in [-0.3, -0.25) is 4.79 Å². The van der Waals surface area contributed by atoms with E-state index in [0.29, 0.717) is 0 Å². The molecular formula is C13H20N4O10. The van der Waals surface area contributed by atoms with E-state index in [1.54, 1.807) is 0 Å². The molecule has 14 heteroatoms. The molecule has 4 heterocycles. The van der Waals surface area contributed by atoms with Crippen LogP contribution in [0.15, 0.2) is 4.99 Å². The van der Waals surface area contributed by atoms with E-state index in [0.717, 1.165) is 0 Å². The molecule has 2 unspecified atom stereocenters. The van der Waals surface area contributed by atoms with Crippen LogP contribution in [0, 0.1) is 5.92 Å². The van der Waals surface area contributed by atoms with Crippen LogP contribution < -0.4 is 16.8 Å². The van der Waals surface area contributed by atoms with Crippen LogP contribution in [0.5, 0.6) is 0 Å². The predicted molar refractivity (Wildman–Crippen MR) is 80.3 cm³/mol. The summed E-state index contributed by atoms with van der Waals surface area (Å²) in [4.78, 5) is 14.8. The largest absolute Gasteiger partial charge is 0.480 e. The molecule has 4 aliphatic heterocycles. The molecule has 0 amide bonds. The quantitative estimate of drug-likeness (QED) is 0.214. The highest BCUT2D eigenvalue weighted by Gasteiger charge is 2.84. The van der Waals surface area contributed by atoms with E-state index in [2.05, 4.69) is 10.3 Å². The van der Waals surface area contributed by atoms with Gasteiger partial charge in [-0.2, -0.15) is 0 Å².